The van der Waals surface area contributed by atoms with E-state index < -0.39 is 17.2 Å². The Balaban J connectivity index is 1.83. The van der Waals surface area contributed by atoms with Crippen LogP contribution in [0.2, 0.25) is 0 Å². The average Bonchev–Trinajstić information content (AvgIpc) is 2.94. The van der Waals surface area contributed by atoms with Crippen molar-refractivity contribution in [1.29, 1.82) is 0 Å². The summed E-state index contributed by atoms with van der Waals surface area (Å²) in [5.74, 6) is -0.0478. The number of aromatic nitrogens is 2. The van der Waals surface area contributed by atoms with Gasteiger partial charge in [-0.25, -0.2) is 4.79 Å². The first-order valence-electron chi connectivity index (χ1n) is 12.2. The Labute approximate surface area is 224 Å². The molecule has 1 heterocycles. The predicted molar refractivity (Wildman–Crippen MR) is 149 cm³/mol. The first-order chi connectivity index (χ1) is 18.7. The van der Waals surface area contributed by atoms with Gasteiger partial charge in [0.05, 0.1) is 31.7 Å². The number of carbonyl (C=O) groups excluding carboxylic acids is 2. The van der Waals surface area contributed by atoms with E-state index in [1.807, 2.05) is 32.0 Å². The zero-order valence-corrected chi connectivity index (χ0v) is 22.5. The summed E-state index contributed by atoms with van der Waals surface area (Å²) in [5.41, 5.74) is 2.61. The van der Waals surface area contributed by atoms with E-state index in [-0.39, 0.29) is 29.9 Å². The number of carbonyl (C=O) groups is 2. The third-order valence-corrected chi connectivity index (χ3v) is 6.48. The average molecular weight is 531 g/mol. The van der Waals surface area contributed by atoms with Gasteiger partial charge in [0.25, 0.3) is 11.5 Å². The van der Waals surface area contributed by atoms with Crippen LogP contribution in [0.1, 0.15) is 27.0 Å². The van der Waals surface area contributed by atoms with Crippen molar-refractivity contribution in [2.75, 3.05) is 26.6 Å². The van der Waals surface area contributed by atoms with Gasteiger partial charge >= 0.3 is 5.69 Å². The molecule has 0 spiro atoms. The van der Waals surface area contributed by atoms with E-state index in [0.717, 1.165) is 15.7 Å². The van der Waals surface area contributed by atoms with Crippen molar-refractivity contribution < 1.29 is 19.1 Å². The summed E-state index contributed by atoms with van der Waals surface area (Å²) in [6.45, 7) is 3.40. The van der Waals surface area contributed by atoms with E-state index in [1.165, 1.54) is 38.0 Å². The van der Waals surface area contributed by atoms with Gasteiger partial charge in [-0.3, -0.25) is 23.5 Å². The maximum atomic E-state index is 13.7. The van der Waals surface area contributed by atoms with Gasteiger partial charge in [-0.1, -0.05) is 24.3 Å². The van der Waals surface area contributed by atoms with Crippen LogP contribution in [0.5, 0.6) is 11.5 Å². The Hall–Kier alpha value is -4.86. The van der Waals surface area contributed by atoms with E-state index >= 15 is 0 Å². The summed E-state index contributed by atoms with van der Waals surface area (Å²) >= 11 is 0. The van der Waals surface area contributed by atoms with Crippen LogP contribution in [0.3, 0.4) is 0 Å². The van der Waals surface area contributed by atoms with Crippen molar-refractivity contribution >= 4 is 28.4 Å². The lowest BCUT2D eigenvalue weighted by molar-refractivity contribution is -0.116. The van der Waals surface area contributed by atoms with Gasteiger partial charge in [0.15, 0.2) is 11.5 Å². The molecule has 0 radical (unpaired) electrons. The largest absolute Gasteiger partial charge is 0.493 e. The first-order valence-corrected chi connectivity index (χ1v) is 12.2. The van der Waals surface area contributed by atoms with Crippen LogP contribution >= 0.6 is 0 Å². The van der Waals surface area contributed by atoms with Crippen molar-refractivity contribution in [3.8, 4) is 11.5 Å². The fraction of sp³-hybridized carbons (Fsp3) is 0.241. The van der Waals surface area contributed by atoms with Gasteiger partial charge < -0.3 is 20.1 Å². The minimum Gasteiger partial charge on any atom is -0.493 e. The summed E-state index contributed by atoms with van der Waals surface area (Å²) < 4.78 is 13.1. The van der Waals surface area contributed by atoms with E-state index in [1.54, 1.807) is 24.3 Å². The summed E-state index contributed by atoms with van der Waals surface area (Å²) in [6.07, 6.45) is 0. The van der Waals surface area contributed by atoms with E-state index in [2.05, 4.69) is 10.6 Å². The van der Waals surface area contributed by atoms with E-state index in [9.17, 15) is 19.2 Å². The quantitative estimate of drug-likeness (QED) is 0.362. The SMILES string of the molecule is CNC(=O)c1ccc(Cn2c(=O)c3cc(OC)c(OC)cc3n(CC(=O)Nc3cc(C)ccc3C)c2=O)cc1. The summed E-state index contributed by atoms with van der Waals surface area (Å²) in [5, 5.41) is 5.61. The van der Waals surface area contributed by atoms with Gasteiger partial charge in [-0.15, -0.1) is 0 Å². The molecule has 10 heteroatoms. The van der Waals surface area contributed by atoms with Crippen LogP contribution in [0.25, 0.3) is 10.9 Å². The van der Waals surface area contributed by atoms with Gasteiger partial charge in [0, 0.05) is 24.4 Å². The molecule has 0 bridgehead atoms. The highest BCUT2D eigenvalue weighted by atomic mass is 16.5. The lowest BCUT2D eigenvalue weighted by Gasteiger charge is -2.17. The number of amides is 2. The fourth-order valence-electron chi connectivity index (χ4n) is 4.33. The molecule has 3 aromatic carbocycles. The zero-order valence-electron chi connectivity index (χ0n) is 22.5. The number of methoxy groups -OCH3 is 2. The van der Waals surface area contributed by atoms with Crippen LogP contribution in [0.15, 0.2) is 64.2 Å². The van der Waals surface area contributed by atoms with Gasteiger partial charge in [-0.2, -0.15) is 0 Å². The van der Waals surface area contributed by atoms with Crippen LogP contribution in [-0.2, 0) is 17.9 Å². The Morgan fingerprint density at radius 3 is 2.18 bits per heavy atom. The molecule has 0 aliphatic carbocycles. The molecule has 0 atom stereocenters. The van der Waals surface area contributed by atoms with Crippen molar-refractivity contribution in [2.24, 2.45) is 0 Å². The molecule has 4 rings (SSSR count). The summed E-state index contributed by atoms with van der Waals surface area (Å²) in [7, 11) is 4.43. The van der Waals surface area contributed by atoms with Gasteiger partial charge in [-0.05, 0) is 54.8 Å². The topological polar surface area (TPSA) is 121 Å². The number of hydrogen-bond donors (Lipinski definition) is 2. The normalized spacial score (nSPS) is 10.8. The number of anilines is 1. The zero-order chi connectivity index (χ0) is 28.3. The summed E-state index contributed by atoms with van der Waals surface area (Å²) in [6, 6.07) is 15.3. The van der Waals surface area contributed by atoms with E-state index in [4.69, 9.17) is 9.47 Å². The van der Waals surface area contributed by atoms with Crippen molar-refractivity contribution in [2.45, 2.75) is 26.9 Å². The third-order valence-electron chi connectivity index (χ3n) is 6.48. The molecule has 4 aromatic rings. The molecule has 2 amide bonds. The molecular formula is C29H30N4O6. The fourth-order valence-corrected chi connectivity index (χ4v) is 4.33. The number of hydrogen-bond acceptors (Lipinski definition) is 6. The highest BCUT2D eigenvalue weighted by Gasteiger charge is 2.19. The number of benzene rings is 3. The molecule has 39 heavy (non-hydrogen) atoms. The molecule has 0 unspecified atom stereocenters. The summed E-state index contributed by atoms with van der Waals surface area (Å²) in [4.78, 5) is 52.3. The minimum atomic E-state index is -0.661. The number of rotatable bonds is 8. The smallest absolute Gasteiger partial charge is 0.332 e. The second-order valence-electron chi connectivity index (χ2n) is 9.13. The van der Waals surface area contributed by atoms with E-state index in [0.29, 0.717) is 28.3 Å². The van der Waals surface area contributed by atoms with Crippen molar-refractivity contribution in [1.82, 2.24) is 14.5 Å². The van der Waals surface area contributed by atoms with Crippen molar-refractivity contribution in [3.05, 3.63) is 97.7 Å². The Kier molecular flexibility index (Phi) is 7.85. The third kappa shape index (κ3) is 5.54. The molecule has 0 fully saturated rings. The number of ether oxygens (including phenoxy) is 2. The van der Waals surface area contributed by atoms with Crippen molar-refractivity contribution in [3.63, 3.8) is 0 Å². The van der Waals surface area contributed by atoms with Crippen LogP contribution in [0.4, 0.5) is 5.69 Å². The molecule has 0 aliphatic heterocycles. The first kappa shape index (κ1) is 27.2. The maximum Gasteiger partial charge on any atom is 0.332 e. The Bertz CT molecular complexity index is 1690. The number of aryl methyl sites for hydroxylation is 2. The molecule has 1 aromatic heterocycles. The molecule has 10 nitrogen and oxygen atoms in total. The molecule has 202 valence electrons. The molecular weight excluding hydrogens is 500 g/mol. The van der Waals surface area contributed by atoms with Crippen LogP contribution in [0, 0.1) is 13.8 Å². The number of fused-ring (bicyclic) bond motifs is 1. The maximum absolute atomic E-state index is 13.7. The highest BCUT2D eigenvalue weighted by molar-refractivity contribution is 5.94. The number of nitrogens with one attached hydrogen (secondary N) is 2. The minimum absolute atomic E-state index is 0.0609. The molecule has 0 saturated heterocycles. The molecule has 2 N–H and O–H groups in total. The standard InChI is InChI=1S/C29H30N4O6/c1-17-6-7-18(2)22(12-17)31-26(34)16-32-23-14-25(39-5)24(38-4)13-21(23)28(36)33(29(32)37)15-19-8-10-20(11-9-19)27(35)30-3/h6-14H,15-16H2,1-5H3,(H,30,35)(H,31,34). The lowest BCUT2D eigenvalue weighted by Crippen LogP contribution is -2.42. The number of nitrogens with zero attached hydrogens (tertiary/aromatic N) is 2. The molecule has 0 aliphatic rings. The Morgan fingerprint density at radius 2 is 1.54 bits per heavy atom. The molecule has 0 saturated carbocycles. The highest BCUT2D eigenvalue weighted by Crippen LogP contribution is 2.30. The second kappa shape index (κ2) is 11.3. The van der Waals surface area contributed by atoms with Gasteiger partial charge in [0.2, 0.25) is 5.91 Å². The second-order valence-corrected chi connectivity index (χ2v) is 9.13. The van der Waals surface area contributed by atoms with Crippen LogP contribution < -0.4 is 31.4 Å². The monoisotopic (exact) mass is 530 g/mol. The van der Waals surface area contributed by atoms with Crippen LogP contribution in [-0.4, -0.2) is 42.2 Å². The van der Waals surface area contributed by atoms with Gasteiger partial charge in [0.1, 0.15) is 6.54 Å². The predicted octanol–water partition coefficient (Wildman–Crippen LogP) is 2.84. The Morgan fingerprint density at radius 1 is 0.872 bits per heavy atom. The lowest BCUT2D eigenvalue weighted by atomic mass is 10.1.